The number of halogens is 4. The molecule has 0 amide bonds. The number of benzene rings is 1. The van der Waals surface area contributed by atoms with Crippen molar-refractivity contribution in [1.29, 1.82) is 0 Å². The van der Waals surface area contributed by atoms with E-state index >= 15 is 0 Å². The highest BCUT2D eigenvalue weighted by molar-refractivity contribution is 7.23. The number of hydrogen-bond acceptors (Lipinski definition) is 3. The summed E-state index contributed by atoms with van der Waals surface area (Å²) in [6.45, 7) is 0. The monoisotopic (exact) mass is 344 g/mol. The molecule has 0 aliphatic heterocycles. The van der Waals surface area contributed by atoms with Crippen molar-refractivity contribution in [3.63, 3.8) is 0 Å². The highest BCUT2D eigenvalue weighted by atomic mass is 32.1. The Morgan fingerprint density at radius 1 is 0.818 bits per heavy atom. The molecule has 0 aliphatic rings. The molecule has 0 saturated carbocycles. The zero-order valence-corrected chi connectivity index (χ0v) is 12.8. The van der Waals surface area contributed by atoms with Crippen molar-refractivity contribution >= 4 is 22.7 Å². The fourth-order valence-corrected chi connectivity index (χ4v) is 3.90. The second kappa shape index (κ2) is 5.73. The molecule has 0 spiro atoms. The highest BCUT2D eigenvalue weighted by Gasteiger charge is 2.27. The Labute approximate surface area is 131 Å². The highest BCUT2D eigenvalue weighted by Crippen LogP contribution is 2.41. The fourth-order valence-electron chi connectivity index (χ4n) is 2.03. The molecule has 1 nitrogen and oxygen atoms in total. The number of rotatable bonds is 3. The average Bonchev–Trinajstić information content (AvgIpc) is 3.17. The van der Waals surface area contributed by atoms with Gasteiger partial charge < -0.3 is 4.74 Å². The normalized spacial score (nSPS) is 11.0. The van der Waals surface area contributed by atoms with Crippen molar-refractivity contribution in [2.45, 2.75) is 0 Å². The Morgan fingerprint density at radius 2 is 1.45 bits per heavy atom. The molecule has 0 fully saturated rings. The van der Waals surface area contributed by atoms with Gasteiger partial charge in [-0.1, -0.05) is 6.07 Å². The van der Waals surface area contributed by atoms with Crippen LogP contribution in [0.1, 0.15) is 0 Å². The molecule has 2 heterocycles. The van der Waals surface area contributed by atoms with Crippen LogP contribution in [0.3, 0.4) is 0 Å². The van der Waals surface area contributed by atoms with Crippen LogP contribution in [0.15, 0.2) is 29.6 Å². The maximum absolute atomic E-state index is 14.1. The van der Waals surface area contributed by atoms with Gasteiger partial charge in [0.05, 0.1) is 12.7 Å². The second-order valence-electron chi connectivity index (χ2n) is 4.31. The van der Waals surface area contributed by atoms with Gasteiger partial charge in [0, 0.05) is 14.6 Å². The van der Waals surface area contributed by atoms with Gasteiger partial charge in [0.2, 0.25) is 11.6 Å². The smallest absolute Gasteiger partial charge is 0.204 e. The van der Waals surface area contributed by atoms with E-state index in [0.717, 1.165) is 28.2 Å². The quantitative estimate of drug-likeness (QED) is 0.437. The Hall–Kier alpha value is -1.86. The van der Waals surface area contributed by atoms with E-state index in [2.05, 4.69) is 4.74 Å². The van der Waals surface area contributed by atoms with Crippen molar-refractivity contribution in [3.05, 3.63) is 52.9 Å². The molecular formula is C15H8F4OS2. The largest absolute Gasteiger partial charge is 0.491 e. The van der Waals surface area contributed by atoms with Gasteiger partial charge in [0.15, 0.2) is 17.4 Å². The van der Waals surface area contributed by atoms with E-state index in [4.69, 9.17) is 0 Å². The van der Waals surface area contributed by atoms with Crippen LogP contribution >= 0.6 is 22.7 Å². The third-order valence-corrected chi connectivity index (χ3v) is 5.21. The van der Waals surface area contributed by atoms with Crippen LogP contribution in [0.2, 0.25) is 0 Å². The molecule has 7 heteroatoms. The van der Waals surface area contributed by atoms with Crippen molar-refractivity contribution < 1.29 is 22.3 Å². The topological polar surface area (TPSA) is 9.23 Å². The molecule has 114 valence electrons. The van der Waals surface area contributed by atoms with E-state index in [1.165, 1.54) is 17.4 Å². The fraction of sp³-hybridized carbons (Fsp3) is 0.0667. The van der Waals surface area contributed by atoms with Crippen molar-refractivity contribution in [2.24, 2.45) is 0 Å². The van der Waals surface area contributed by atoms with Crippen LogP contribution in [-0.2, 0) is 0 Å². The molecule has 0 radical (unpaired) electrons. The minimum absolute atomic E-state index is 0.110. The van der Waals surface area contributed by atoms with Crippen LogP contribution in [0, 0.1) is 23.3 Å². The maximum Gasteiger partial charge on any atom is 0.204 e. The third-order valence-electron chi connectivity index (χ3n) is 3.04. The second-order valence-corrected chi connectivity index (χ2v) is 6.34. The lowest BCUT2D eigenvalue weighted by atomic mass is 10.1. The minimum Gasteiger partial charge on any atom is -0.491 e. The van der Waals surface area contributed by atoms with E-state index in [1.54, 1.807) is 6.07 Å². The summed E-state index contributed by atoms with van der Waals surface area (Å²) in [6, 6.07) is 6.78. The summed E-state index contributed by atoms with van der Waals surface area (Å²) in [5.74, 6) is -7.07. The third kappa shape index (κ3) is 2.30. The molecule has 0 unspecified atom stereocenters. The van der Waals surface area contributed by atoms with E-state index < -0.39 is 34.6 Å². The zero-order chi connectivity index (χ0) is 15.9. The Balaban J connectivity index is 2.17. The first-order chi connectivity index (χ1) is 10.5. The predicted octanol–water partition coefficient (Wildman–Crippen LogP) is 5.71. The van der Waals surface area contributed by atoms with Gasteiger partial charge in [0.1, 0.15) is 0 Å². The molecule has 0 N–H and O–H groups in total. The van der Waals surface area contributed by atoms with Gasteiger partial charge in [0.25, 0.3) is 0 Å². The Kier molecular flexibility index (Phi) is 3.92. The van der Waals surface area contributed by atoms with Crippen LogP contribution in [-0.4, -0.2) is 7.11 Å². The number of ether oxygens (including phenoxy) is 1. The molecule has 1 aromatic carbocycles. The summed E-state index contributed by atoms with van der Waals surface area (Å²) in [7, 11) is 0.945. The lowest BCUT2D eigenvalue weighted by Crippen LogP contribution is -2.03. The summed E-state index contributed by atoms with van der Waals surface area (Å²) >= 11 is 2.52. The molecule has 22 heavy (non-hydrogen) atoms. The Bertz CT molecular complexity index is 795. The molecule has 0 atom stereocenters. The van der Waals surface area contributed by atoms with Gasteiger partial charge in [-0.05, 0) is 23.6 Å². The number of thiophene rings is 2. The summed E-state index contributed by atoms with van der Waals surface area (Å²) in [4.78, 5) is 1.78. The summed E-state index contributed by atoms with van der Waals surface area (Å²) in [6.07, 6.45) is 0. The first-order valence-corrected chi connectivity index (χ1v) is 7.78. The molecule has 3 rings (SSSR count). The van der Waals surface area contributed by atoms with Crippen LogP contribution in [0.4, 0.5) is 17.6 Å². The van der Waals surface area contributed by atoms with Gasteiger partial charge in [-0.2, -0.15) is 8.78 Å². The van der Waals surface area contributed by atoms with Gasteiger partial charge in [-0.3, -0.25) is 0 Å². The lowest BCUT2D eigenvalue weighted by Gasteiger charge is -2.09. The minimum atomic E-state index is -1.54. The molecule has 2 aromatic heterocycles. The SMILES string of the molecule is COc1c(F)c(F)c(-c2ccc(-c3cccs3)s2)c(F)c1F. The Morgan fingerprint density at radius 3 is 2.00 bits per heavy atom. The van der Waals surface area contributed by atoms with E-state index in [9.17, 15) is 17.6 Å². The van der Waals surface area contributed by atoms with Crippen molar-refractivity contribution in [1.82, 2.24) is 0 Å². The molecule has 0 bridgehead atoms. The average molecular weight is 344 g/mol. The van der Waals surface area contributed by atoms with Gasteiger partial charge in [-0.25, -0.2) is 8.78 Å². The standard InChI is InChI=1S/C15H8F4OS2/c1-20-15-13(18)11(16)10(12(17)14(15)19)9-5-4-8(22-9)7-3-2-6-21-7/h2-6H,1H3. The number of hydrogen-bond donors (Lipinski definition) is 0. The summed E-state index contributed by atoms with van der Waals surface area (Å²) in [5.41, 5.74) is -0.719. The van der Waals surface area contributed by atoms with Crippen molar-refractivity contribution in [2.75, 3.05) is 7.11 Å². The predicted molar refractivity (Wildman–Crippen MR) is 79.5 cm³/mol. The van der Waals surface area contributed by atoms with E-state index in [1.807, 2.05) is 17.5 Å². The van der Waals surface area contributed by atoms with E-state index in [0.29, 0.717) is 0 Å². The first kappa shape index (κ1) is 15.1. The van der Waals surface area contributed by atoms with E-state index in [-0.39, 0.29) is 4.88 Å². The lowest BCUT2D eigenvalue weighted by molar-refractivity contribution is 0.334. The first-order valence-electron chi connectivity index (χ1n) is 6.08. The van der Waals surface area contributed by atoms with Crippen LogP contribution in [0.5, 0.6) is 5.75 Å². The van der Waals surface area contributed by atoms with Crippen LogP contribution < -0.4 is 4.74 Å². The molecule has 0 aliphatic carbocycles. The molecular weight excluding hydrogens is 336 g/mol. The molecule has 3 aromatic rings. The zero-order valence-electron chi connectivity index (χ0n) is 11.1. The summed E-state index contributed by atoms with van der Waals surface area (Å²) < 4.78 is 60.1. The molecule has 0 saturated heterocycles. The summed E-state index contributed by atoms with van der Waals surface area (Å²) in [5, 5.41) is 1.86. The van der Waals surface area contributed by atoms with Gasteiger partial charge in [-0.15, -0.1) is 22.7 Å². The van der Waals surface area contributed by atoms with Crippen molar-refractivity contribution in [3.8, 4) is 25.9 Å². The van der Waals surface area contributed by atoms with Crippen LogP contribution in [0.25, 0.3) is 20.2 Å². The maximum atomic E-state index is 14.1. The number of methoxy groups -OCH3 is 1. The van der Waals surface area contributed by atoms with Gasteiger partial charge >= 0.3 is 0 Å².